The molecule has 0 fully saturated rings. The summed E-state index contributed by atoms with van der Waals surface area (Å²) in [5.41, 5.74) is 1.40. The van der Waals surface area contributed by atoms with Crippen LogP contribution >= 0.6 is 24.0 Å². The number of nitrogens with zero attached hydrogens (tertiary/aromatic N) is 1. The summed E-state index contributed by atoms with van der Waals surface area (Å²) in [5, 5.41) is 6.31. The van der Waals surface area contributed by atoms with Gasteiger partial charge in [-0.25, -0.2) is 22.5 Å². The molecule has 2 aromatic rings. The number of halogens is 2. The molecule has 0 saturated heterocycles. The molecule has 0 aliphatic rings. The van der Waals surface area contributed by atoms with Gasteiger partial charge in [0, 0.05) is 26.7 Å². The number of hydrogen-bond acceptors (Lipinski definition) is 4. The fraction of sp³-hybridized carbons (Fsp3) is 0.381. The minimum atomic E-state index is -3.60. The summed E-state index contributed by atoms with van der Waals surface area (Å²) in [6, 6.07) is 13.3. The van der Waals surface area contributed by atoms with Gasteiger partial charge < -0.3 is 15.4 Å². The second kappa shape index (κ2) is 14.3. The largest absolute Gasteiger partial charge is 0.383 e. The van der Waals surface area contributed by atoms with Gasteiger partial charge in [-0.15, -0.1) is 24.0 Å². The Kier molecular flexibility index (Phi) is 12.6. The van der Waals surface area contributed by atoms with Crippen molar-refractivity contribution in [3.8, 4) is 0 Å². The van der Waals surface area contributed by atoms with Crippen LogP contribution in [0.15, 0.2) is 58.4 Å². The van der Waals surface area contributed by atoms with Crippen LogP contribution < -0.4 is 15.4 Å². The van der Waals surface area contributed by atoms with Crippen molar-refractivity contribution in [3.05, 3.63) is 65.5 Å². The fourth-order valence-electron chi connectivity index (χ4n) is 2.70. The van der Waals surface area contributed by atoms with E-state index in [1.54, 1.807) is 30.3 Å². The smallest absolute Gasteiger partial charge is 0.240 e. The molecule has 0 unspecified atom stereocenters. The van der Waals surface area contributed by atoms with Gasteiger partial charge in [-0.05, 0) is 42.7 Å². The zero-order chi connectivity index (χ0) is 21.8. The zero-order valence-corrected chi connectivity index (χ0v) is 20.9. The number of ether oxygens (including phenoxy) is 1. The van der Waals surface area contributed by atoms with Gasteiger partial charge in [0.2, 0.25) is 10.0 Å². The first-order valence-electron chi connectivity index (χ1n) is 9.79. The van der Waals surface area contributed by atoms with Crippen molar-refractivity contribution < 1.29 is 17.5 Å². The van der Waals surface area contributed by atoms with Crippen LogP contribution in [0, 0.1) is 5.82 Å². The Balaban J connectivity index is 0.00000480. The van der Waals surface area contributed by atoms with E-state index in [1.807, 2.05) is 19.1 Å². The Morgan fingerprint density at radius 1 is 1.10 bits per heavy atom. The molecular weight excluding hydrogens is 534 g/mol. The highest BCUT2D eigenvalue weighted by Crippen LogP contribution is 2.12. The maximum Gasteiger partial charge on any atom is 0.240 e. The summed E-state index contributed by atoms with van der Waals surface area (Å²) < 4.78 is 45.8. The van der Waals surface area contributed by atoms with Crippen LogP contribution in [0.4, 0.5) is 4.39 Å². The van der Waals surface area contributed by atoms with E-state index in [4.69, 9.17) is 4.74 Å². The van der Waals surface area contributed by atoms with Gasteiger partial charge >= 0.3 is 0 Å². The van der Waals surface area contributed by atoms with Crippen molar-refractivity contribution in [1.29, 1.82) is 0 Å². The second-order valence-electron chi connectivity index (χ2n) is 6.50. The quantitative estimate of drug-likeness (QED) is 0.169. The molecule has 172 valence electrons. The summed E-state index contributed by atoms with van der Waals surface area (Å²) in [5.74, 6) is 0.360. The van der Waals surface area contributed by atoms with E-state index in [0.29, 0.717) is 44.2 Å². The van der Waals surface area contributed by atoms with Crippen LogP contribution in [0.3, 0.4) is 0 Å². The minimum Gasteiger partial charge on any atom is -0.383 e. The molecule has 0 amide bonds. The van der Waals surface area contributed by atoms with E-state index in [-0.39, 0.29) is 41.2 Å². The zero-order valence-electron chi connectivity index (χ0n) is 17.7. The highest BCUT2D eigenvalue weighted by molar-refractivity contribution is 14.0. The Hall–Kier alpha value is -1.76. The Morgan fingerprint density at radius 3 is 2.58 bits per heavy atom. The van der Waals surface area contributed by atoms with E-state index in [1.165, 1.54) is 13.2 Å². The maximum atomic E-state index is 13.7. The molecule has 3 N–H and O–H groups in total. The lowest BCUT2D eigenvalue weighted by Gasteiger charge is -2.12. The molecule has 0 aromatic heterocycles. The van der Waals surface area contributed by atoms with E-state index in [2.05, 4.69) is 20.3 Å². The first-order chi connectivity index (χ1) is 14.5. The predicted molar refractivity (Wildman–Crippen MR) is 132 cm³/mol. The molecule has 0 aliphatic heterocycles. The Morgan fingerprint density at radius 2 is 1.87 bits per heavy atom. The number of methoxy groups -OCH3 is 1. The molecule has 0 atom stereocenters. The Labute approximate surface area is 201 Å². The summed E-state index contributed by atoms with van der Waals surface area (Å²) >= 11 is 0. The molecule has 31 heavy (non-hydrogen) atoms. The number of guanidine groups is 1. The van der Waals surface area contributed by atoms with Crippen molar-refractivity contribution in [3.63, 3.8) is 0 Å². The number of hydrogen-bond donors (Lipinski definition) is 3. The lowest BCUT2D eigenvalue weighted by molar-refractivity contribution is 0.204. The van der Waals surface area contributed by atoms with Crippen LogP contribution in [0.1, 0.15) is 18.1 Å². The summed E-state index contributed by atoms with van der Waals surface area (Å²) in [6.45, 7) is 3.95. The molecule has 2 aromatic carbocycles. The third-order valence-corrected chi connectivity index (χ3v) is 5.67. The lowest BCUT2D eigenvalue weighted by Crippen LogP contribution is -2.38. The number of rotatable bonds is 11. The normalized spacial score (nSPS) is 11.6. The molecule has 0 saturated carbocycles. The molecule has 2 rings (SSSR count). The average Bonchev–Trinajstić information content (AvgIpc) is 2.73. The Bertz CT molecular complexity index is 942. The maximum absolute atomic E-state index is 13.7. The van der Waals surface area contributed by atoms with Gasteiger partial charge in [-0.1, -0.05) is 30.3 Å². The van der Waals surface area contributed by atoms with Gasteiger partial charge in [0.05, 0.1) is 18.0 Å². The number of aliphatic imine (C=N–C) groups is 1. The van der Waals surface area contributed by atoms with E-state index >= 15 is 0 Å². The van der Waals surface area contributed by atoms with Crippen LogP contribution in [-0.2, 0) is 27.7 Å². The van der Waals surface area contributed by atoms with Gasteiger partial charge in [0.25, 0.3) is 0 Å². The van der Waals surface area contributed by atoms with Crippen molar-refractivity contribution >= 4 is 40.0 Å². The highest BCUT2D eigenvalue weighted by Gasteiger charge is 2.13. The molecule has 7 nitrogen and oxygen atoms in total. The predicted octanol–water partition coefficient (Wildman–Crippen LogP) is 2.67. The molecule has 0 bridgehead atoms. The first-order valence-corrected chi connectivity index (χ1v) is 11.3. The minimum absolute atomic E-state index is 0. The SMILES string of the molecule is CCNC(=NCc1cccc(S(=O)(=O)NCCOC)c1)NCCc1ccccc1F.I. The molecule has 0 spiro atoms. The standard InChI is InChI=1S/C21H29FN4O3S.HI/c1-3-23-21(24-12-11-18-8-4-5-10-20(18)22)25-16-17-7-6-9-19(15-17)30(27,28)26-13-14-29-2;/h4-10,15,26H,3,11-14,16H2,1-2H3,(H2,23,24,25);1H. The average molecular weight is 564 g/mol. The van der Waals surface area contributed by atoms with Crippen molar-refractivity contribution in [2.45, 2.75) is 24.8 Å². The molecule has 0 heterocycles. The molecule has 10 heteroatoms. The summed E-state index contributed by atoms with van der Waals surface area (Å²) in [4.78, 5) is 4.69. The monoisotopic (exact) mass is 564 g/mol. The second-order valence-corrected chi connectivity index (χ2v) is 8.27. The van der Waals surface area contributed by atoms with Gasteiger partial charge in [0.15, 0.2) is 5.96 Å². The number of benzene rings is 2. The van der Waals surface area contributed by atoms with Crippen LogP contribution in [0.5, 0.6) is 0 Å². The van der Waals surface area contributed by atoms with E-state index in [9.17, 15) is 12.8 Å². The number of nitrogens with one attached hydrogen (secondary N) is 3. The topological polar surface area (TPSA) is 91.8 Å². The van der Waals surface area contributed by atoms with Crippen LogP contribution in [0.25, 0.3) is 0 Å². The lowest BCUT2D eigenvalue weighted by atomic mass is 10.1. The van der Waals surface area contributed by atoms with Gasteiger partial charge in [-0.2, -0.15) is 0 Å². The van der Waals surface area contributed by atoms with Crippen LogP contribution in [0.2, 0.25) is 0 Å². The van der Waals surface area contributed by atoms with E-state index in [0.717, 1.165) is 5.56 Å². The molecule has 0 aliphatic carbocycles. The van der Waals surface area contributed by atoms with Crippen molar-refractivity contribution in [2.24, 2.45) is 4.99 Å². The highest BCUT2D eigenvalue weighted by atomic mass is 127. The van der Waals surface area contributed by atoms with Crippen molar-refractivity contribution in [1.82, 2.24) is 15.4 Å². The fourth-order valence-corrected chi connectivity index (χ4v) is 3.78. The molecule has 0 radical (unpaired) electrons. The van der Waals surface area contributed by atoms with Gasteiger partial charge in [-0.3, -0.25) is 0 Å². The van der Waals surface area contributed by atoms with Gasteiger partial charge in [0.1, 0.15) is 5.82 Å². The third kappa shape index (κ3) is 9.50. The van der Waals surface area contributed by atoms with Crippen LogP contribution in [-0.4, -0.2) is 47.7 Å². The van der Waals surface area contributed by atoms with E-state index < -0.39 is 10.0 Å². The van der Waals surface area contributed by atoms with Crippen molar-refractivity contribution in [2.75, 3.05) is 33.4 Å². The summed E-state index contributed by atoms with van der Waals surface area (Å²) in [6.07, 6.45) is 0.526. The first kappa shape index (κ1) is 27.3. The third-order valence-electron chi connectivity index (χ3n) is 4.22. The summed E-state index contributed by atoms with van der Waals surface area (Å²) in [7, 11) is -2.08. The molecular formula is C21H30FIN4O3S. The number of sulfonamides is 1.